The maximum absolute atomic E-state index is 5.86. The Kier molecular flexibility index (Phi) is 6.33. The SMILES string of the molecule is CC(C)NCc1ccc(OCC2CCCCO2)c(Br)c1. The molecule has 1 aliphatic rings. The van der Waals surface area contributed by atoms with Crippen LogP contribution in [0.2, 0.25) is 0 Å². The van der Waals surface area contributed by atoms with Crippen LogP contribution >= 0.6 is 15.9 Å². The fourth-order valence-electron chi connectivity index (χ4n) is 2.21. The summed E-state index contributed by atoms with van der Waals surface area (Å²) in [5.41, 5.74) is 1.26. The molecule has 1 N–H and O–H groups in total. The van der Waals surface area contributed by atoms with Crippen LogP contribution in [0.5, 0.6) is 5.75 Å². The molecular weight excluding hydrogens is 318 g/mol. The van der Waals surface area contributed by atoms with Crippen molar-refractivity contribution in [1.29, 1.82) is 0 Å². The Hall–Kier alpha value is -0.580. The van der Waals surface area contributed by atoms with Gasteiger partial charge in [0.25, 0.3) is 0 Å². The van der Waals surface area contributed by atoms with E-state index in [1.807, 2.05) is 6.07 Å². The van der Waals surface area contributed by atoms with Crippen molar-refractivity contribution in [1.82, 2.24) is 5.32 Å². The summed E-state index contributed by atoms with van der Waals surface area (Å²) in [6, 6.07) is 6.75. The van der Waals surface area contributed by atoms with E-state index in [-0.39, 0.29) is 6.10 Å². The Morgan fingerprint density at radius 1 is 1.40 bits per heavy atom. The van der Waals surface area contributed by atoms with Gasteiger partial charge < -0.3 is 14.8 Å². The van der Waals surface area contributed by atoms with E-state index in [2.05, 4.69) is 47.2 Å². The topological polar surface area (TPSA) is 30.5 Å². The molecule has 0 radical (unpaired) electrons. The van der Waals surface area contributed by atoms with Crippen LogP contribution < -0.4 is 10.1 Å². The van der Waals surface area contributed by atoms with E-state index in [0.29, 0.717) is 12.6 Å². The Bertz CT molecular complexity index is 417. The third-order valence-corrected chi connectivity index (χ3v) is 4.03. The molecule has 112 valence electrons. The van der Waals surface area contributed by atoms with Gasteiger partial charge >= 0.3 is 0 Å². The van der Waals surface area contributed by atoms with E-state index in [1.165, 1.54) is 18.4 Å². The van der Waals surface area contributed by atoms with Crippen LogP contribution in [0.4, 0.5) is 0 Å². The molecule has 0 amide bonds. The second-order valence-electron chi connectivity index (χ2n) is 5.60. The minimum atomic E-state index is 0.248. The smallest absolute Gasteiger partial charge is 0.133 e. The standard InChI is InChI=1S/C16H24BrNO2/c1-12(2)18-10-13-6-7-16(15(17)9-13)20-11-14-5-3-4-8-19-14/h6-7,9,12,14,18H,3-5,8,10-11H2,1-2H3. The summed E-state index contributed by atoms with van der Waals surface area (Å²) < 4.78 is 12.6. The van der Waals surface area contributed by atoms with Gasteiger partial charge in [0, 0.05) is 19.2 Å². The van der Waals surface area contributed by atoms with E-state index in [9.17, 15) is 0 Å². The molecule has 0 aliphatic carbocycles. The normalized spacial score (nSPS) is 19.3. The minimum absolute atomic E-state index is 0.248. The highest BCUT2D eigenvalue weighted by atomic mass is 79.9. The zero-order valence-electron chi connectivity index (χ0n) is 12.3. The Morgan fingerprint density at radius 3 is 2.90 bits per heavy atom. The molecule has 1 atom stereocenters. The molecule has 1 fully saturated rings. The van der Waals surface area contributed by atoms with Crippen LogP contribution in [0.25, 0.3) is 0 Å². The molecule has 20 heavy (non-hydrogen) atoms. The van der Waals surface area contributed by atoms with Crippen LogP contribution in [0.3, 0.4) is 0 Å². The second-order valence-corrected chi connectivity index (χ2v) is 6.45. The minimum Gasteiger partial charge on any atom is -0.490 e. The van der Waals surface area contributed by atoms with Crippen molar-refractivity contribution >= 4 is 15.9 Å². The lowest BCUT2D eigenvalue weighted by Crippen LogP contribution is -2.25. The predicted molar refractivity (Wildman–Crippen MR) is 85.2 cm³/mol. The first-order valence-electron chi connectivity index (χ1n) is 7.41. The summed E-state index contributed by atoms with van der Waals surface area (Å²) >= 11 is 3.59. The summed E-state index contributed by atoms with van der Waals surface area (Å²) in [5.74, 6) is 0.896. The summed E-state index contributed by atoms with van der Waals surface area (Å²) in [7, 11) is 0. The molecule has 1 aliphatic heterocycles. The summed E-state index contributed by atoms with van der Waals surface area (Å²) in [6.45, 7) is 6.69. The van der Waals surface area contributed by atoms with E-state index >= 15 is 0 Å². The molecular formula is C16H24BrNO2. The Morgan fingerprint density at radius 2 is 2.25 bits per heavy atom. The molecule has 1 unspecified atom stereocenters. The molecule has 1 heterocycles. The average Bonchev–Trinajstić information content (AvgIpc) is 2.45. The van der Waals surface area contributed by atoms with Crippen LogP contribution in [0, 0.1) is 0 Å². The first kappa shape index (κ1) is 15.8. The molecule has 0 aromatic heterocycles. The third kappa shape index (κ3) is 5.08. The van der Waals surface area contributed by atoms with Crippen LogP contribution in [-0.2, 0) is 11.3 Å². The van der Waals surface area contributed by atoms with Gasteiger partial charge in [-0.1, -0.05) is 19.9 Å². The van der Waals surface area contributed by atoms with Gasteiger partial charge in [-0.2, -0.15) is 0 Å². The average molecular weight is 342 g/mol. The quantitative estimate of drug-likeness (QED) is 0.851. The predicted octanol–water partition coefficient (Wildman–Crippen LogP) is 3.90. The zero-order valence-corrected chi connectivity index (χ0v) is 13.9. The number of rotatable bonds is 6. The number of hydrogen-bond acceptors (Lipinski definition) is 3. The molecule has 0 saturated carbocycles. The summed E-state index contributed by atoms with van der Waals surface area (Å²) in [4.78, 5) is 0. The number of benzene rings is 1. The van der Waals surface area contributed by atoms with E-state index in [0.717, 1.165) is 29.8 Å². The number of hydrogen-bond donors (Lipinski definition) is 1. The number of ether oxygens (including phenoxy) is 2. The van der Waals surface area contributed by atoms with Gasteiger partial charge in [0.1, 0.15) is 12.4 Å². The fraction of sp³-hybridized carbons (Fsp3) is 0.625. The van der Waals surface area contributed by atoms with Gasteiger partial charge in [-0.05, 0) is 52.9 Å². The van der Waals surface area contributed by atoms with Crippen molar-refractivity contribution in [3.8, 4) is 5.75 Å². The highest BCUT2D eigenvalue weighted by molar-refractivity contribution is 9.10. The number of nitrogens with one attached hydrogen (secondary N) is 1. The molecule has 0 bridgehead atoms. The van der Waals surface area contributed by atoms with E-state index < -0.39 is 0 Å². The first-order chi connectivity index (χ1) is 9.65. The third-order valence-electron chi connectivity index (χ3n) is 3.41. The monoisotopic (exact) mass is 341 g/mol. The summed E-state index contributed by atoms with van der Waals surface area (Å²) in [6.07, 6.45) is 3.78. The van der Waals surface area contributed by atoms with Gasteiger partial charge in [-0.3, -0.25) is 0 Å². The van der Waals surface area contributed by atoms with Crippen molar-refractivity contribution in [3.05, 3.63) is 28.2 Å². The van der Waals surface area contributed by atoms with Crippen molar-refractivity contribution in [2.75, 3.05) is 13.2 Å². The molecule has 4 heteroatoms. The van der Waals surface area contributed by atoms with Gasteiger partial charge in [0.15, 0.2) is 0 Å². The molecule has 2 rings (SSSR count). The Labute approximate surface area is 130 Å². The van der Waals surface area contributed by atoms with Crippen LogP contribution in [-0.4, -0.2) is 25.4 Å². The number of halogens is 1. The van der Waals surface area contributed by atoms with Crippen molar-refractivity contribution in [3.63, 3.8) is 0 Å². The molecule has 3 nitrogen and oxygen atoms in total. The van der Waals surface area contributed by atoms with Crippen LogP contribution in [0.15, 0.2) is 22.7 Å². The van der Waals surface area contributed by atoms with Gasteiger partial charge in [0.05, 0.1) is 10.6 Å². The van der Waals surface area contributed by atoms with Gasteiger partial charge in [-0.25, -0.2) is 0 Å². The summed E-state index contributed by atoms with van der Waals surface area (Å²) in [5, 5.41) is 3.41. The lowest BCUT2D eigenvalue weighted by Gasteiger charge is -2.23. The maximum atomic E-state index is 5.86. The largest absolute Gasteiger partial charge is 0.490 e. The second kappa shape index (κ2) is 8.01. The fourth-order valence-corrected chi connectivity index (χ4v) is 2.76. The van der Waals surface area contributed by atoms with Crippen molar-refractivity contribution in [2.24, 2.45) is 0 Å². The van der Waals surface area contributed by atoms with Crippen molar-refractivity contribution in [2.45, 2.75) is 51.8 Å². The molecule has 1 aromatic carbocycles. The highest BCUT2D eigenvalue weighted by Gasteiger charge is 2.15. The molecule has 1 aromatic rings. The molecule has 1 saturated heterocycles. The Balaban J connectivity index is 1.85. The molecule has 0 spiro atoms. The lowest BCUT2D eigenvalue weighted by atomic mass is 10.1. The maximum Gasteiger partial charge on any atom is 0.133 e. The zero-order chi connectivity index (χ0) is 14.4. The van der Waals surface area contributed by atoms with Gasteiger partial charge in [0.2, 0.25) is 0 Å². The van der Waals surface area contributed by atoms with E-state index in [1.54, 1.807) is 0 Å². The highest BCUT2D eigenvalue weighted by Crippen LogP contribution is 2.27. The van der Waals surface area contributed by atoms with E-state index in [4.69, 9.17) is 9.47 Å². The van der Waals surface area contributed by atoms with Crippen molar-refractivity contribution < 1.29 is 9.47 Å². The lowest BCUT2D eigenvalue weighted by molar-refractivity contribution is -0.0112. The first-order valence-corrected chi connectivity index (χ1v) is 8.20. The van der Waals surface area contributed by atoms with Crippen LogP contribution in [0.1, 0.15) is 38.7 Å². The van der Waals surface area contributed by atoms with Gasteiger partial charge in [-0.15, -0.1) is 0 Å².